The third kappa shape index (κ3) is 5.44. The first-order chi connectivity index (χ1) is 34.2. The molecule has 2 aliphatic rings. The number of para-hydroxylation sites is 1. The summed E-state index contributed by atoms with van der Waals surface area (Å²) in [6.07, 6.45) is 0. The van der Waals surface area contributed by atoms with Crippen molar-refractivity contribution in [1.82, 2.24) is 15.0 Å². The molecule has 0 bridgehead atoms. The van der Waals surface area contributed by atoms with Gasteiger partial charge in [0, 0.05) is 38.2 Å². The fourth-order valence-electron chi connectivity index (χ4n) is 11.7. The van der Waals surface area contributed by atoms with Crippen LogP contribution in [0.2, 0.25) is 0 Å². The van der Waals surface area contributed by atoms with Gasteiger partial charge >= 0.3 is 0 Å². The Morgan fingerprint density at radius 1 is 0.275 bits per heavy atom. The molecule has 5 heteroatoms. The number of fused-ring (bicyclic) bond motifs is 16. The zero-order chi connectivity index (χ0) is 45.2. The van der Waals surface area contributed by atoms with Crippen molar-refractivity contribution >= 4 is 43.9 Å². The molecule has 3 heterocycles. The highest BCUT2D eigenvalue weighted by atomic mass is 16.3. The Kier molecular flexibility index (Phi) is 7.93. The smallest absolute Gasteiger partial charge is 0.164 e. The van der Waals surface area contributed by atoms with Gasteiger partial charge in [-0.15, -0.1) is 0 Å². The lowest BCUT2D eigenvalue weighted by atomic mass is 9.68. The van der Waals surface area contributed by atoms with Crippen molar-refractivity contribution < 1.29 is 8.83 Å². The molecule has 0 unspecified atom stereocenters. The monoisotopic (exact) mass is 879 g/mol. The number of hydrogen-bond acceptors (Lipinski definition) is 5. The maximum atomic E-state index is 6.72. The van der Waals surface area contributed by atoms with Crippen LogP contribution in [-0.4, -0.2) is 15.0 Å². The predicted molar refractivity (Wildman–Crippen MR) is 278 cm³/mol. The van der Waals surface area contributed by atoms with E-state index in [1.165, 1.54) is 50.1 Å². The van der Waals surface area contributed by atoms with Crippen molar-refractivity contribution in [2.75, 3.05) is 0 Å². The van der Waals surface area contributed by atoms with Gasteiger partial charge < -0.3 is 8.83 Å². The van der Waals surface area contributed by atoms with Crippen molar-refractivity contribution in [2.45, 2.75) is 5.41 Å². The molecule has 320 valence electrons. The summed E-state index contributed by atoms with van der Waals surface area (Å²) in [5, 5.41) is 4.06. The average molecular weight is 880 g/mol. The van der Waals surface area contributed by atoms with Crippen LogP contribution in [0.15, 0.2) is 233 Å². The van der Waals surface area contributed by atoms with Crippen molar-refractivity contribution in [3.8, 4) is 78.7 Å². The van der Waals surface area contributed by atoms with E-state index >= 15 is 0 Å². The lowest BCUT2D eigenvalue weighted by Gasteiger charge is -2.32. The van der Waals surface area contributed by atoms with E-state index in [1.54, 1.807) is 0 Å². The number of furan rings is 2. The van der Waals surface area contributed by atoms with Crippen LogP contribution in [0.4, 0.5) is 0 Å². The molecule has 5 nitrogen and oxygen atoms in total. The molecule has 0 amide bonds. The van der Waals surface area contributed by atoms with Gasteiger partial charge in [-0.05, 0) is 109 Å². The summed E-state index contributed by atoms with van der Waals surface area (Å²) in [7, 11) is 0. The highest BCUT2D eigenvalue weighted by molar-refractivity contribution is 6.13. The van der Waals surface area contributed by atoms with Gasteiger partial charge in [-0.3, -0.25) is 0 Å². The molecular weight excluding hydrogens is 843 g/mol. The summed E-state index contributed by atoms with van der Waals surface area (Å²) in [4.78, 5) is 15.8. The second-order valence-electron chi connectivity index (χ2n) is 18.2. The second kappa shape index (κ2) is 14.4. The summed E-state index contributed by atoms with van der Waals surface area (Å²) >= 11 is 0. The van der Waals surface area contributed by atoms with Crippen LogP contribution in [0.5, 0.6) is 0 Å². The molecule has 0 radical (unpaired) electrons. The van der Waals surface area contributed by atoms with Crippen LogP contribution < -0.4 is 0 Å². The zero-order valence-electron chi connectivity index (χ0n) is 37.0. The number of hydrogen-bond donors (Lipinski definition) is 0. The van der Waals surface area contributed by atoms with Crippen molar-refractivity contribution in [3.63, 3.8) is 0 Å². The van der Waals surface area contributed by atoms with E-state index in [0.29, 0.717) is 17.5 Å². The summed E-state index contributed by atoms with van der Waals surface area (Å²) < 4.78 is 13.1. The van der Waals surface area contributed by atoms with Crippen molar-refractivity contribution in [1.29, 1.82) is 0 Å². The lowest BCUT2D eigenvalue weighted by molar-refractivity contribution is 0.668. The Morgan fingerprint density at radius 3 is 1.57 bits per heavy atom. The van der Waals surface area contributed by atoms with Crippen molar-refractivity contribution in [2.24, 2.45) is 0 Å². The largest absolute Gasteiger partial charge is 0.456 e. The van der Waals surface area contributed by atoms with Gasteiger partial charge in [0.1, 0.15) is 22.3 Å². The summed E-state index contributed by atoms with van der Waals surface area (Å²) in [6.45, 7) is 0. The van der Waals surface area contributed by atoms with Crippen LogP contribution in [0, 0.1) is 0 Å². The van der Waals surface area contributed by atoms with Crippen LogP contribution >= 0.6 is 0 Å². The van der Waals surface area contributed by atoms with Gasteiger partial charge in [0.05, 0.1) is 5.41 Å². The molecule has 69 heavy (non-hydrogen) atoms. The minimum absolute atomic E-state index is 0.491. The molecule has 1 spiro atoms. The number of rotatable bonds is 5. The molecular formula is C64H37N3O2. The lowest BCUT2D eigenvalue weighted by Crippen LogP contribution is -2.26. The van der Waals surface area contributed by atoms with E-state index < -0.39 is 5.41 Å². The normalized spacial score (nSPS) is 13.0. The molecule has 0 fully saturated rings. The minimum Gasteiger partial charge on any atom is -0.456 e. The Labute approximate surface area is 396 Å². The Hall–Kier alpha value is -9.19. The van der Waals surface area contributed by atoms with E-state index in [-0.39, 0.29) is 0 Å². The van der Waals surface area contributed by atoms with Gasteiger partial charge in [-0.1, -0.05) is 182 Å². The Bertz CT molecular complexity index is 4210. The molecule has 3 aromatic heterocycles. The van der Waals surface area contributed by atoms with Gasteiger partial charge in [-0.25, -0.2) is 15.0 Å². The van der Waals surface area contributed by atoms with E-state index in [0.717, 1.165) is 77.3 Å². The molecule has 2 aliphatic carbocycles. The van der Waals surface area contributed by atoms with Crippen LogP contribution in [0.3, 0.4) is 0 Å². The maximum absolute atomic E-state index is 6.72. The summed E-state index contributed by atoms with van der Waals surface area (Å²) in [6, 6.07) is 79.8. The minimum atomic E-state index is -0.491. The third-order valence-electron chi connectivity index (χ3n) is 14.6. The van der Waals surface area contributed by atoms with Crippen LogP contribution in [-0.2, 0) is 5.41 Å². The van der Waals surface area contributed by atoms with E-state index in [9.17, 15) is 0 Å². The molecule has 0 N–H and O–H groups in total. The molecule has 13 aromatic rings. The molecule has 10 aromatic carbocycles. The van der Waals surface area contributed by atoms with E-state index in [4.69, 9.17) is 23.8 Å². The predicted octanol–water partition coefficient (Wildman–Crippen LogP) is 16.3. The van der Waals surface area contributed by atoms with Gasteiger partial charge in [0.25, 0.3) is 0 Å². The molecule has 0 atom stereocenters. The van der Waals surface area contributed by atoms with Gasteiger partial charge in [0.2, 0.25) is 0 Å². The van der Waals surface area contributed by atoms with E-state index in [2.05, 4.69) is 182 Å². The molecule has 0 saturated carbocycles. The van der Waals surface area contributed by atoms with Gasteiger partial charge in [0.15, 0.2) is 17.5 Å². The topological polar surface area (TPSA) is 65.0 Å². The molecule has 0 aliphatic heterocycles. The van der Waals surface area contributed by atoms with Crippen LogP contribution in [0.25, 0.3) is 123 Å². The Balaban J connectivity index is 0.948. The van der Waals surface area contributed by atoms with E-state index in [1.807, 2.05) is 42.5 Å². The standard InChI is InChI=1S/C64H37N3O2/c1-2-15-38(16-3-1)39-17-12-18-41(35-39)61-65-62(42-31-33-48-47-22-7-11-29-55(47)69-58(48)37-42)67-63(66-61)50-25-14-30-57-59(50)51-36-40(32-34-56(51)68-57)43-23-13-24-49-46-21-6-10-28-54(46)64(60(43)49)52-26-8-4-19-44(52)45-20-5-9-27-53(45)64/h1-37H. The fourth-order valence-corrected chi connectivity index (χ4v) is 11.7. The number of benzene rings is 10. The highest BCUT2D eigenvalue weighted by Gasteiger charge is 2.52. The summed E-state index contributed by atoms with van der Waals surface area (Å²) in [5.74, 6) is 1.68. The van der Waals surface area contributed by atoms with Crippen molar-refractivity contribution in [3.05, 3.63) is 247 Å². The number of nitrogens with zero attached hydrogens (tertiary/aromatic N) is 3. The highest BCUT2D eigenvalue weighted by Crippen LogP contribution is 2.64. The third-order valence-corrected chi connectivity index (χ3v) is 14.6. The number of aromatic nitrogens is 3. The SMILES string of the molecule is c1ccc(-c2cccc(-c3nc(-c4ccc5c(c4)oc4ccccc45)nc(-c4cccc5oc6ccc(-c7cccc8c7C7(c9ccccc9-c9ccccc97)c7ccccc7-8)cc6c45)n3)c2)cc1. The fraction of sp³-hybridized carbons (Fsp3) is 0.0156. The first kappa shape index (κ1) is 38.0. The van der Waals surface area contributed by atoms with Crippen LogP contribution in [0.1, 0.15) is 22.3 Å². The molecule has 15 rings (SSSR count). The Morgan fingerprint density at radius 2 is 0.783 bits per heavy atom. The second-order valence-corrected chi connectivity index (χ2v) is 18.2. The first-order valence-corrected chi connectivity index (χ1v) is 23.4. The quantitative estimate of drug-likeness (QED) is 0.172. The molecule has 0 saturated heterocycles. The van der Waals surface area contributed by atoms with Gasteiger partial charge in [-0.2, -0.15) is 0 Å². The summed E-state index contributed by atoms with van der Waals surface area (Å²) in [5.41, 5.74) is 20.1. The zero-order valence-corrected chi connectivity index (χ0v) is 37.0. The maximum Gasteiger partial charge on any atom is 0.164 e. The average Bonchev–Trinajstić information content (AvgIpc) is 4.16. The first-order valence-electron chi connectivity index (χ1n) is 23.4.